The summed E-state index contributed by atoms with van der Waals surface area (Å²) in [5.74, 6) is 0.424. The molecule has 16 heavy (non-hydrogen) atoms. The van der Waals surface area contributed by atoms with E-state index in [0.29, 0.717) is 5.75 Å². The van der Waals surface area contributed by atoms with Crippen LogP contribution in [0.1, 0.15) is 18.9 Å². The number of phenolic OH excluding ortho intramolecular Hbond substituents is 1. The molecule has 0 aromatic heterocycles. The number of para-hydroxylation sites is 1. The Morgan fingerprint density at radius 3 is 2.75 bits per heavy atom. The smallest absolute Gasteiger partial charge is 0.139 e. The van der Waals surface area contributed by atoms with Crippen LogP contribution in [0, 0.1) is 0 Å². The second-order valence-corrected chi connectivity index (χ2v) is 4.27. The maximum atomic E-state index is 10.0. The van der Waals surface area contributed by atoms with Crippen LogP contribution in [0.5, 0.6) is 5.75 Å². The second kappa shape index (κ2) is 5.21. The third-order valence-electron chi connectivity index (χ3n) is 3.05. The van der Waals surface area contributed by atoms with Gasteiger partial charge in [0, 0.05) is 26.2 Å². The van der Waals surface area contributed by atoms with E-state index in [0.717, 1.165) is 44.7 Å². The number of hydrogen-bond acceptors (Lipinski definition) is 3. The molecule has 0 radical (unpaired) electrons. The fourth-order valence-corrected chi connectivity index (χ4v) is 2.30. The molecule has 0 atom stereocenters. The van der Waals surface area contributed by atoms with Crippen LogP contribution in [0.3, 0.4) is 0 Å². The van der Waals surface area contributed by atoms with E-state index in [1.165, 1.54) is 5.56 Å². The van der Waals surface area contributed by atoms with Gasteiger partial charge in [-0.2, -0.15) is 0 Å². The van der Waals surface area contributed by atoms with E-state index in [-0.39, 0.29) is 0 Å². The van der Waals surface area contributed by atoms with Crippen LogP contribution in [0.4, 0.5) is 5.69 Å². The van der Waals surface area contributed by atoms with Crippen molar-refractivity contribution in [2.24, 2.45) is 0 Å². The summed E-state index contributed by atoms with van der Waals surface area (Å²) in [4.78, 5) is 2.29. The van der Waals surface area contributed by atoms with Gasteiger partial charge in [-0.05, 0) is 18.1 Å². The van der Waals surface area contributed by atoms with Gasteiger partial charge in [0.15, 0.2) is 0 Å². The fourth-order valence-electron chi connectivity index (χ4n) is 2.30. The minimum Gasteiger partial charge on any atom is -0.506 e. The van der Waals surface area contributed by atoms with E-state index < -0.39 is 0 Å². The first kappa shape index (κ1) is 11.3. The van der Waals surface area contributed by atoms with Crippen molar-refractivity contribution in [2.45, 2.75) is 19.8 Å². The summed E-state index contributed by atoms with van der Waals surface area (Å²) in [6.07, 6.45) is 2.15. The summed E-state index contributed by atoms with van der Waals surface area (Å²) < 4.78 is 0. The third-order valence-corrected chi connectivity index (χ3v) is 3.05. The number of anilines is 1. The molecule has 88 valence electrons. The zero-order valence-corrected chi connectivity index (χ0v) is 9.87. The molecule has 2 rings (SSSR count). The molecule has 3 heteroatoms. The van der Waals surface area contributed by atoms with Crippen LogP contribution in [0.25, 0.3) is 0 Å². The van der Waals surface area contributed by atoms with Gasteiger partial charge in [0.2, 0.25) is 0 Å². The lowest BCUT2D eigenvalue weighted by Crippen LogP contribution is -2.43. The second-order valence-electron chi connectivity index (χ2n) is 4.27. The van der Waals surface area contributed by atoms with Crippen LogP contribution >= 0.6 is 0 Å². The van der Waals surface area contributed by atoms with Crippen molar-refractivity contribution in [3.63, 3.8) is 0 Å². The Labute approximate surface area is 97.1 Å². The predicted molar refractivity (Wildman–Crippen MR) is 67.2 cm³/mol. The van der Waals surface area contributed by atoms with Crippen molar-refractivity contribution in [1.29, 1.82) is 0 Å². The van der Waals surface area contributed by atoms with Crippen molar-refractivity contribution >= 4 is 5.69 Å². The molecular formula is C13H20N2O. The Hall–Kier alpha value is -1.22. The molecule has 2 N–H and O–H groups in total. The predicted octanol–water partition coefficient (Wildman–Crippen LogP) is 1.75. The molecule has 1 aliphatic rings. The average Bonchev–Trinajstić information content (AvgIpc) is 2.31. The zero-order chi connectivity index (χ0) is 11.4. The highest BCUT2D eigenvalue weighted by atomic mass is 16.3. The van der Waals surface area contributed by atoms with Gasteiger partial charge in [0.1, 0.15) is 5.75 Å². The molecule has 1 aromatic carbocycles. The maximum absolute atomic E-state index is 10.0. The number of nitrogens with one attached hydrogen (secondary N) is 1. The lowest BCUT2D eigenvalue weighted by molar-refractivity contribution is 0.469. The van der Waals surface area contributed by atoms with E-state index >= 15 is 0 Å². The molecular weight excluding hydrogens is 200 g/mol. The molecule has 1 aliphatic heterocycles. The van der Waals surface area contributed by atoms with Gasteiger partial charge in [-0.15, -0.1) is 0 Å². The van der Waals surface area contributed by atoms with Crippen molar-refractivity contribution in [3.8, 4) is 5.75 Å². The largest absolute Gasteiger partial charge is 0.506 e. The first-order valence-electron chi connectivity index (χ1n) is 6.09. The molecule has 1 fully saturated rings. The number of phenols is 1. The van der Waals surface area contributed by atoms with Crippen molar-refractivity contribution in [1.82, 2.24) is 5.32 Å². The highest BCUT2D eigenvalue weighted by molar-refractivity contribution is 5.63. The van der Waals surface area contributed by atoms with Crippen LogP contribution in [-0.2, 0) is 6.42 Å². The first-order chi connectivity index (χ1) is 7.83. The lowest BCUT2D eigenvalue weighted by atomic mass is 10.1. The zero-order valence-electron chi connectivity index (χ0n) is 9.87. The first-order valence-corrected chi connectivity index (χ1v) is 6.09. The van der Waals surface area contributed by atoms with Gasteiger partial charge >= 0.3 is 0 Å². The van der Waals surface area contributed by atoms with Gasteiger partial charge in [-0.1, -0.05) is 25.5 Å². The quantitative estimate of drug-likeness (QED) is 0.814. The van der Waals surface area contributed by atoms with Crippen molar-refractivity contribution < 1.29 is 5.11 Å². The summed E-state index contributed by atoms with van der Waals surface area (Å²) >= 11 is 0. The highest BCUT2D eigenvalue weighted by Crippen LogP contribution is 2.32. The highest BCUT2D eigenvalue weighted by Gasteiger charge is 2.16. The van der Waals surface area contributed by atoms with Crippen LogP contribution in [0.2, 0.25) is 0 Å². The van der Waals surface area contributed by atoms with Crippen LogP contribution < -0.4 is 10.2 Å². The number of rotatable bonds is 3. The fraction of sp³-hybridized carbons (Fsp3) is 0.538. The number of aromatic hydroxyl groups is 1. The number of benzene rings is 1. The van der Waals surface area contributed by atoms with E-state index in [1.807, 2.05) is 6.07 Å². The van der Waals surface area contributed by atoms with E-state index in [1.54, 1.807) is 6.07 Å². The molecule has 1 aromatic rings. The summed E-state index contributed by atoms with van der Waals surface area (Å²) in [6.45, 7) is 6.13. The van der Waals surface area contributed by atoms with Crippen LogP contribution in [0.15, 0.2) is 18.2 Å². The Bertz CT molecular complexity index is 346. The molecule has 1 heterocycles. The maximum Gasteiger partial charge on any atom is 0.139 e. The number of hydrogen-bond donors (Lipinski definition) is 2. The molecule has 0 unspecified atom stereocenters. The van der Waals surface area contributed by atoms with E-state index in [2.05, 4.69) is 23.2 Å². The Balaban J connectivity index is 2.28. The monoisotopic (exact) mass is 220 g/mol. The van der Waals surface area contributed by atoms with Crippen molar-refractivity contribution in [2.75, 3.05) is 31.1 Å². The van der Waals surface area contributed by atoms with E-state index in [4.69, 9.17) is 0 Å². The topological polar surface area (TPSA) is 35.5 Å². The third kappa shape index (κ3) is 2.30. The molecule has 0 spiro atoms. The number of nitrogens with zero attached hydrogens (tertiary/aromatic N) is 1. The summed E-state index contributed by atoms with van der Waals surface area (Å²) in [7, 11) is 0. The minimum absolute atomic E-state index is 0.424. The van der Waals surface area contributed by atoms with Gasteiger partial charge in [-0.25, -0.2) is 0 Å². The number of aryl methyl sites for hydroxylation is 1. The Morgan fingerprint density at radius 2 is 2.06 bits per heavy atom. The Morgan fingerprint density at radius 1 is 1.31 bits per heavy atom. The molecule has 0 aliphatic carbocycles. The SMILES string of the molecule is CCCc1cccc(O)c1N1CCNCC1. The molecule has 0 amide bonds. The minimum atomic E-state index is 0.424. The molecule has 3 nitrogen and oxygen atoms in total. The normalized spacial score (nSPS) is 16.4. The van der Waals surface area contributed by atoms with Gasteiger partial charge in [0.05, 0.1) is 5.69 Å². The molecule has 1 saturated heterocycles. The van der Waals surface area contributed by atoms with E-state index in [9.17, 15) is 5.11 Å². The Kier molecular flexibility index (Phi) is 3.67. The summed E-state index contributed by atoms with van der Waals surface area (Å²) in [5.41, 5.74) is 2.32. The van der Waals surface area contributed by atoms with Gasteiger partial charge in [-0.3, -0.25) is 0 Å². The number of piperazine rings is 1. The van der Waals surface area contributed by atoms with Gasteiger partial charge in [0.25, 0.3) is 0 Å². The van der Waals surface area contributed by atoms with Crippen LogP contribution in [-0.4, -0.2) is 31.3 Å². The summed E-state index contributed by atoms with van der Waals surface area (Å²) in [6, 6.07) is 5.85. The van der Waals surface area contributed by atoms with Crippen molar-refractivity contribution in [3.05, 3.63) is 23.8 Å². The standard InChI is InChI=1S/C13H20N2O/c1-2-4-11-5-3-6-12(16)13(11)15-9-7-14-8-10-15/h3,5-6,14,16H,2,4,7-10H2,1H3. The molecule has 0 saturated carbocycles. The molecule has 0 bridgehead atoms. The summed E-state index contributed by atoms with van der Waals surface area (Å²) in [5, 5.41) is 13.3. The van der Waals surface area contributed by atoms with Gasteiger partial charge < -0.3 is 15.3 Å². The average molecular weight is 220 g/mol. The lowest BCUT2D eigenvalue weighted by Gasteiger charge is -2.31.